The Bertz CT molecular complexity index is 469. The fourth-order valence-electron chi connectivity index (χ4n) is 1.64. The highest BCUT2D eigenvalue weighted by molar-refractivity contribution is 5.98. The van der Waals surface area contributed by atoms with E-state index in [1.54, 1.807) is 0 Å². The highest BCUT2D eigenvalue weighted by Crippen LogP contribution is 2.16. The number of carbonyl (C=O) groups excluding carboxylic acids is 1. The molecule has 16 heavy (non-hydrogen) atoms. The molecule has 0 saturated heterocycles. The maximum Gasteiger partial charge on any atom is 0.251 e. The Morgan fingerprint density at radius 2 is 2.38 bits per heavy atom. The number of rotatable bonds is 2. The minimum Gasteiger partial charge on any atom is -0.348 e. The van der Waals surface area contributed by atoms with Gasteiger partial charge in [-0.3, -0.25) is 4.79 Å². The van der Waals surface area contributed by atoms with Crippen molar-refractivity contribution in [3.05, 3.63) is 34.9 Å². The third kappa shape index (κ3) is 2.23. The summed E-state index contributed by atoms with van der Waals surface area (Å²) in [6, 6.07) is 5.80. The molecule has 1 amide bonds. The monoisotopic (exact) mass is 214 g/mol. The van der Waals surface area contributed by atoms with Crippen LogP contribution in [-0.2, 0) is 6.54 Å². The van der Waals surface area contributed by atoms with Gasteiger partial charge < -0.3 is 10.6 Å². The van der Waals surface area contributed by atoms with E-state index in [0.717, 1.165) is 29.7 Å². The molecule has 0 radical (unpaired) electrons. The van der Waals surface area contributed by atoms with Crippen molar-refractivity contribution in [1.82, 2.24) is 10.6 Å². The van der Waals surface area contributed by atoms with Gasteiger partial charge in [-0.2, -0.15) is 0 Å². The third-order valence-corrected chi connectivity index (χ3v) is 2.53. The Labute approximate surface area is 95.2 Å². The van der Waals surface area contributed by atoms with Crippen LogP contribution in [0.1, 0.15) is 27.9 Å². The van der Waals surface area contributed by atoms with Crippen molar-refractivity contribution in [3.63, 3.8) is 0 Å². The fraction of sp³-hybridized carbons (Fsp3) is 0.308. The van der Waals surface area contributed by atoms with Crippen molar-refractivity contribution in [2.45, 2.75) is 13.0 Å². The van der Waals surface area contributed by atoms with E-state index in [4.69, 9.17) is 0 Å². The molecular formula is C13H14N2O. The van der Waals surface area contributed by atoms with Crippen LogP contribution in [-0.4, -0.2) is 19.5 Å². The number of nitrogens with one attached hydrogen (secondary N) is 2. The molecule has 1 aromatic rings. The molecule has 3 nitrogen and oxygen atoms in total. The van der Waals surface area contributed by atoms with Crippen LogP contribution < -0.4 is 10.6 Å². The summed E-state index contributed by atoms with van der Waals surface area (Å²) in [6.45, 7) is 1.53. The molecule has 0 aliphatic carbocycles. The maximum absolute atomic E-state index is 11.4. The second-order valence-corrected chi connectivity index (χ2v) is 3.71. The first kappa shape index (κ1) is 10.7. The van der Waals surface area contributed by atoms with E-state index < -0.39 is 0 Å². The Morgan fingerprint density at radius 3 is 3.19 bits per heavy atom. The first-order valence-electron chi connectivity index (χ1n) is 5.36. The van der Waals surface area contributed by atoms with E-state index in [1.807, 2.05) is 25.2 Å². The van der Waals surface area contributed by atoms with Gasteiger partial charge in [-0.15, -0.1) is 0 Å². The number of hydrogen-bond acceptors (Lipinski definition) is 2. The van der Waals surface area contributed by atoms with Gasteiger partial charge in [0.25, 0.3) is 5.91 Å². The van der Waals surface area contributed by atoms with Gasteiger partial charge in [0, 0.05) is 30.6 Å². The number of fused-ring (bicyclic) bond motifs is 1. The average Bonchev–Trinajstić information content (AvgIpc) is 2.67. The second kappa shape index (κ2) is 4.82. The Balaban J connectivity index is 2.14. The van der Waals surface area contributed by atoms with Crippen molar-refractivity contribution in [2.75, 3.05) is 13.6 Å². The van der Waals surface area contributed by atoms with Crippen molar-refractivity contribution in [3.8, 4) is 11.8 Å². The highest BCUT2D eigenvalue weighted by atomic mass is 16.1. The van der Waals surface area contributed by atoms with E-state index in [-0.39, 0.29) is 5.91 Å². The lowest BCUT2D eigenvalue weighted by Gasteiger charge is -1.96. The van der Waals surface area contributed by atoms with Crippen LogP contribution in [0.4, 0.5) is 0 Å². The number of benzene rings is 1. The molecule has 1 aliphatic heterocycles. The highest BCUT2D eigenvalue weighted by Gasteiger charge is 2.17. The van der Waals surface area contributed by atoms with Crippen LogP contribution in [0.5, 0.6) is 0 Å². The number of carbonyl (C=O) groups is 1. The minimum atomic E-state index is 0.00822. The summed E-state index contributed by atoms with van der Waals surface area (Å²) in [5.41, 5.74) is 2.73. The van der Waals surface area contributed by atoms with E-state index >= 15 is 0 Å². The molecule has 3 heteroatoms. The van der Waals surface area contributed by atoms with Crippen molar-refractivity contribution < 1.29 is 4.79 Å². The SMILES string of the molecule is CNCCC#Cc1ccc2c(c1)C(=O)NC2. The van der Waals surface area contributed by atoms with Gasteiger partial charge >= 0.3 is 0 Å². The number of hydrogen-bond donors (Lipinski definition) is 2. The smallest absolute Gasteiger partial charge is 0.251 e. The molecule has 2 N–H and O–H groups in total. The van der Waals surface area contributed by atoms with Gasteiger partial charge in [0.2, 0.25) is 0 Å². The molecule has 0 atom stereocenters. The predicted octanol–water partition coefficient (Wildman–Crippen LogP) is 0.891. The van der Waals surface area contributed by atoms with Gasteiger partial charge in [-0.25, -0.2) is 0 Å². The Hall–Kier alpha value is -1.79. The quantitative estimate of drug-likeness (QED) is 0.567. The lowest BCUT2D eigenvalue weighted by molar-refractivity contribution is 0.0965. The predicted molar refractivity (Wildman–Crippen MR) is 63.0 cm³/mol. The third-order valence-electron chi connectivity index (χ3n) is 2.53. The molecule has 82 valence electrons. The topological polar surface area (TPSA) is 41.1 Å². The zero-order valence-electron chi connectivity index (χ0n) is 9.26. The molecule has 1 aromatic carbocycles. The molecule has 0 bridgehead atoms. The molecule has 0 unspecified atom stereocenters. The molecule has 0 saturated carbocycles. The van der Waals surface area contributed by atoms with Crippen LogP contribution in [0.2, 0.25) is 0 Å². The molecule has 2 rings (SSSR count). The summed E-state index contributed by atoms with van der Waals surface area (Å²) in [5.74, 6) is 6.13. The summed E-state index contributed by atoms with van der Waals surface area (Å²) >= 11 is 0. The molecule has 0 aromatic heterocycles. The molecule has 1 heterocycles. The maximum atomic E-state index is 11.4. The van der Waals surface area contributed by atoms with Crippen LogP contribution in [0.25, 0.3) is 0 Å². The van der Waals surface area contributed by atoms with Gasteiger partial charge in [-0.1, -0.05) is 17.9 Å². The van der Waals surface area contributed by atoms with Gasteiger partial charge in [0.05, 0.1) is 0 Å². The van der Waals surface area contributed by atoms with Crippen LogP contribution >= 0.6 is 0 Å². The van der Waals surface area contributed by atoms with Crippen molar-refractivity contribution in [2.24, 2.45) is 0 Å². The summed E-state index contributed by atoms with van der Waals surface area (Å²) < 4.78 is 0. The average molecular weight is 214 g/mol. The summed E-state index contributed by atoms with van der Waals surface area (Å²) in [7, 11) is 1.90. The molecule has 0 spiro atoms. The lowest BCUT2D eigenvalue weighted by atomic mass is 10.1. The standard InChI is InChI=1S/C13H14N2O/c1-14-7-3-2-4-10-5-6-11-9-15-13(16)12(11)8-10/h5-6,8,14H,3,7,9H2,1H3,(H,15,16). The number of amides is 1. The largest absolute Gasteiger partial charge is 0.348 e. The van der Waals surface area contributed by atoms with Gasteiger partial charge in [0.1, 0.15) is 0 Å². The first-order valence-corrected chi connectivity index (χ1v) is 5.36. The van der Waals surface area contributed by atoms with Crippen LogP contribution in [0, 0.1) is 11.8 Å². The van der Waals surface area contributed by atoms with E-state index in [0.29, 0.717) is 6.54 Å². The van der Waals surface area contributed by atoms with E-state index in [9.17, 15) is 4.79 Å². The molecule has 0 fully saturated rings. The summed E-state index contributed by atoms with van der Waals surface area (Å²) in [5, 5.41) is 5.83. The summed E-state index contributed by atoms with van der Waals surface area (Å²) in [6.07, 6.45) is 0.819. The zero-order chi connectivity index (χ0) is 11.4. The second-order valence-electron chi connectivity index (χ2n) is 3.71. The van der Waals surface area contributed by atoms with Gasteiger partial charge in [0.15, 0.2) is 0 Å². The van der Waals surface area contributed by atoms with E-state index in [2.05, 4.69) is 22.5 Å². The lowest BCUT2D eigenvalue weighted by Crippen LogP contribution is -2.12. The fourth-order valence-corrected chi connectivity index (χ4v) is 1.64. The minimum absolute atomic E-state index is 0.00822. The normalized spacial score (nSPS) is 12.7. The molecular weight excluding hydrogens is 200 g/mol. The van der Waals surface area contributed by atoms with Crippen LogP contribution in [0.15, 0.2) is 18.2 Å². The van der Waals surface area contributed by atoms with E-state index in [1.165, 1.54) is 0 Å². The van der Waals surface area contributed by atoms with Gasteiger partial charge in [-0.05, 0) is 24.7 Å². The first-order chi connectivity index (χ1) is 7.81. The van der Waals surface area contributed by atoms with Crippen LogP contribution in [0.3, 0.4) is 0 Å². The van der Waals surface area contributed by atoms with Crippen molar-refractivity contribution in [1.29, 1.82) is 0 Å². The zero-order valence-corrected chi connectivity index (χ0v) is 9.26. The Kier molecular flexibility index (Phi) is 3.23. The summed E-state index contributed by atoms with van der Waals surface area (Å²) in [4.78, 5) is 11.4. The van der Waals surface area contributed by atoms with Crippen molar-refractivity contribution >= 4 is 5.91 Å². The Morgan fingerprint density at radius 1 is 1.50 bits per heavy atom. The molecule has 1 aliphatic rings.